The number of aliphatic carboxylic acids is 1. The van der Waals surface area contributed by atoms with Crippen LogP contribution in [0.2, 0.25) is 0 Å². The van der Waals surface area contributed by atoms with E-state index >= 15 is 0 Å². The minimum atomic E-state index is -1.52. The maximum absolute atomic E-state index is 13.0. The quantitative estimate of drug-likeness (QED) is 0.0211. The number of quaternary nitrogens is 1. The van der Waals surface area contributed by atoms with E-state index < -0.39 is 24.3 Å². The lowest BCUT2D eigenvalue weighted by atomic mass is 10.0. The van der Waals surface area contributed by atoms with Crippen LogP contribution in [0, 0.1) is 0 Å². The topological polar surface area (TPSA) is 108 Å². The van der Waals surface area contributed by atoms with Gasteiger partial charge in [-0.2, -0.15) is 0 Å². The summed E-state index contributed by atoms with van der Waals surface area (Å²) in [4.78, 5) is 37.7. The van der Waals surface area contributed by atoms with Crippen molar-refractivity contribution >= 4 is 17.9 Å². The van der Waals surface area contributed by atoms with E-state index in [1.165, 1.54) is 141 Å². The molecule has 0 aromatic rings. The van der Waals surface area contributed by atoms with Crippen molar-refractivity contribution in [3.8, 4) is 0 Å². The van der Waals surface area contributed by atoms with Gasteiger partial charge in [0.25, 0.3) is 6.29 Å². The van der Waals surface area contributed by atoms with E-state index in [9.17, 15) is 19.5 Å². The monoisotopic (exact) mass is 1350 g/mol. The van der Waals surface area contributed by atoms with E-state index in [1.807, 2.05) is 21.1 Å². The molecule has 0 aliphatic carbocycles. The summed E-state index contributed by atoms with van der Waals surface area (Å²) in [5.41, 5.74) is 0. The summed E-state index contributed by atoms with van der Waals surface area (Å²) in [5.74, 6) is -2.01. The second-order valence-electron chi connectivity index (χ2n) is 26.9. The van der Waals surface area contributed by atoms with Crippen LogP contribution in [0.25, 0.3) is 0 Å². The molecule has 0 aliphatic heterocycles. The van der Waals surface area contributed by atoms with Crippen molar-refractivity contribution in [3.05, 3.63) is 170 Å². The fraction of sp³-hybridized carbons (Fsp3) is 0.648. The molecule has 0 aromatic heterocycles. The molecule has 2 unspecified atom stereocenters. The number of ether oxygens (including phenoxy) is 4. The fourth-order valence-corrected chi connectivity index (χ4v) is 10.6. The Balaban J connectivity index is 4.09. The number of rotatable bonds is 71. The number of unbranched alkanes of at least 4 members (excludes halogenated alkanes) is 28. The number of carbonyl (C=O) groups is 3. The van der Waals surface area contributed by atoms with Crippen molar-refractivity contribution < 1.29 is 42.9 Å². The molecule has 0 amide bonds. The van der Waals surface area contributed by atoms with E-state index in [0.29, 0.717) is 23.9 Å². The molecular weight excluding hydrogens is 1200 g/mol. The van der Waals surface area contributed by atoms with Crippen LogP contribution in [-0.4, -0.2) is 87.4 Å². The summed E-state index contributed by atoms with van der Waals surface area (Å²) in [6.45, 7) is 4.65. The normalized spacial score (nSPS) is 13.6. The maximum Gasteiger partial charge on any atom is 0.361 e. The van der Waals surface area contributed by atoms with Crippen molar-refractivity contribution in [3.63, 3.8) is 0 Å². The van der Waals surface area contributed by atoms with Crippen LogP contribution >= 0.6 is 0 Å². The van der Waals surface area contributed by atoms with E-state index in [-0.39, 0.29) is 32.2 Å². The number of carboxylic acid groups (broad SMARTS) is 1. The van der Waals surface area contributed by atoms with Crippen LogP contribution in [0.4, 0.5) is 0 Å². The van der Waals surface area contributed by atoms with E-state index in [2.05, 4.69) is 184 Å². The Morgan fingerprint density at radius 1 is 0.309 bits per heavy atom. The molecule has 2 atom stereocenters. The van der Waals surface area contributed by atoms with Gasteiger partial charge in [-0.3, -0.25) is 9.59 Å². The Morgan fingerprint density at radius 2 is 0.557 bits per heavy atom. The van der Waals surface area contributed by atoms with Crippen LogP contribution in [-0.2, 0) is 33.3 Å². The molecular formula is C88H146NO8+. The Morgan fingerprint density at radius 3 is 0.825 bits per heavy atom. The highest BCUT2D eigenvalue weighted by Gasteiger charge is 2.25. The number of likely N-dealkylation sites (N-methyl/N-ethyl adjacent to an activating group) is 1. The molecule has 1 N–H and O–H groups in total. The maximum atomic E-state index is 13.0. The lowest BCUT2D eigenvalue weighted by molar-refractivity contribution is -0.870. The highest BCUT2D eigenvalue weighted by atomic mass is 16.7. The van der Waals surface area contributed by atoms with Crippen LogP contribution in [0.1, 0.15) is 309 Å². The van der Waals surface area contributed by atoms with Crippen molar-refractivity contribution in [1.29, 1.82) is 0 Å². The Bertz CT molecular complexity index is 2210. The Kier molecular flexibility index (Phi) is 72.2. The van der Waals surface area contributed by atoms with Gasteiger partial charge in [0.05, 0.1) is 34.4 Å². The van der Waals surface area contributed by atoms with Crippen LogP contribution in [0.5, 0.6) is 0 Å². The van der Waals surface area contributed by atoms with Crippen LogP contribution < -0.4 is 0 Å². The fourth-order valence-electron chi connectivity index (χ4n) is 10.6. The van der Waals surface area contributed by atoms with Gasteiger partial charge in [-0.05, 0) is 128 Å². The predicted molar refractivity (Wildman–Crippen MR) is 419 cm³/mol. The summed E-state index contributed by atoms with van der Waals surface area (Å²) in [7, 11) is 5.98. The third kappa shape index (κ3) is 77.9. The molecule has 0 spiro atoms. The molecule has 0 saturated heterocycles. The first-order valence-electron chi connectivity index (χ1n) is 39.3. The molecule has 0 rings (SSSR count). The lowest BCUT2D eigenvalue weighted by Gasteiger charge is -2.25. The zero-order valence-electron chi connectivity index (χ0n) is 62.9. The molecule has 0 saturated carbocycles. The molecule has 550 valence electrons. The SMILES string of the molecule is CC/C=C\C/C=C\C/C=C\C/C=C\C/C=C\C/C=C\C/C=C\C/C=C\CCCCCCCCCCCCC(=O)OC(COC(=O)CCCCCCCCCCCCCCCCCCCC/C=C\C/C=C\C/C=C\C/C=C\C/C=C\C/C=C\CC)COC(OCC[N+](C)(C)C)C(=O)O. The first-order valence-corrected chi connectivity index (χ1v) is 39.3. The Hall–Kier alpha value is -5.35. The summed E-state index contributed by atoms with van der Waals surface area (Å²) < 4.78 is 23.0. The van der Waals surface area contributed by atoms with Gasteiger partial charge in [0.1, 0.15) is 13.2 Å². The number of allylic oxidation sites excluding steroid dienone is 28. The second kappa shape index (κ2) is 76.4. The van der Waals surface area contributed by atoms with Gasteiger partial charge in [0.15, 0.2) is 6.10 Å². The summed E-state index contributed by atoms with van der Waals surface area (Å²) in [6, 6.07) is 0. The van der Waals surface area contributed by atoms with Gasteiger partial charge in [0, 0.05) is 12.8 Å². The van der Waals surface area contributed by atoms with Gasteiger partial charge in [0.2, 0.25) is 0 Å². The highest BCUT2D eigenvalue weighted by Crippen LogP contribution is 2.17. The third-order valence-electron chi connectivity index (χ3n) is 16.5. The molecule has 0 fully saturated rings. The van der Waals surface area contributed by atoms with Crippen molar-refractivity contribution in [2.75, 3.05) is 47.5 Å². The average Bonchev–Trinajstić information content (AvgIpc) is 3.74. The van der Waals surface area contributed by atoms with Gasteiger partial charge >= 0.3 is 17.9 Å². The van der Waals surface area contributed by atoms with Crippen molar-refractivity contribution in [2.24, 2.45) is 0 Å². The zero-order valence-corrected chi connectivity index (χ0v) is 62.9. The van der Waals surface area contributed by atoms with E-state index in [1.54, 1.807) is 0 Å². The van der Waals surface area contributed by atoms with Gasteiger partial charge in [-0.1, -0.05) is 338 Å². The number of hydrogen-bond donors (Lipinski definition) is 1. The molecule has 0 radical (unpaired) electrons. The Labute approximate surface area is 597 Å². The minimum Gasteiger partial charge on any atom is -0.477 e. The number of nitrogens with zero attached hydrogens (tertiary/aromatic N) is 1. The zero-order chi connectivity index (χ0) is 70.4. The standard InChI is InChI=1S/C88H145NO8/c1-6-8-10-12-14-16-18-20-22-24-26-28-30-32-34-36-38-40-42-43-45-46-48-50-52-54-56-58-60-62-64-66-68-70-72-74-76-78-85(90)95-82-84(83-96-88(87(92)93)94-81-80-89(3,4)5)97-86(91)79-77-75-73-71-69-67-65-63-61-59-57-55-53-51-49-47-44-41-39-37-35-33-31-29-27-25-23-21-19-17-15-13-11-9-7-2/h8-11,14-17,20-23,26-29,32-35,38-41,47,49,53,55,84,88H,6-7,12-13,18-19,24-25,30-31,36-37,42-46,48,50-52,54,56-83H2,1-5H3/p+1/b10-8-,11-9-,16-14-,17-15-,22-20-,23-21-,28-26-,29-27-,34-32-,35-33-,40-38-,41-39-,49-47-,55-53-. The average molecular weight is 1350 g/mol. The highest BCUT2D eigenvalue weighted by molar-refractivity contribution is 5.71. The number of carbonyl (C=O) groups excluding carboxylic acids is 2. The van der Waals surface area contributed by atoms with Crippen LogP contribution in [0.3, 0.4) is 0 Å². The first kappa shape index (κ1) is 91.6. The molecule has 97 heavy (non-hydrogen) atoms. The number of carboxylic acids is 1. The molecule has 0 heterocycles. The first-order chi connectivity index (χ1) is 47.6. The minimum absolute atomic E-state index is 0.180. The number of esters is 2. The van der Waals surface area contributed by atoms with Gasteiger partial charge in [-0.25, -0.2) is 4.79 Å². The molecule has 9 nitrogen and oxygen atoms in total. The van der Waals surface area contributed by atoms with Gasteiger partial charge in [-0.15, -0.1) is 0 Å². The summed E-state index contributed by atoms with van der Waals surface area (Å²) in [6.07, 6.45) is 112. The predicted octanol–water partition coefficient (Wildman–Crippen LogP) is 25.4. The molecule has 9 heteroatoms. The summed E-state index contributed by atoms with van der Waals surface area (Å²) >= 11 is 0. The third-order valence-corrected chi connectivity index (χ3v) is 16.5. The molecule has 0 aliphatic rings. The van der Waals surface area contributed by atoms with Gasteiger partial charge < -0.3 is 28.5 Å². The smallest absolute Gasteiger partial charge is 0.361 e. The van der Waals surface area contributed by atoms with E-state index in [0.717, 1.165) is 135 Å². The van der Waals surface area contributed by atoms with Crippen LogP contribution in [0.15, 0.2) is 170 Å². The largest absolute Gasteiger partial charge is 0.477 e. The van der Waals surface area contributed by atoms with Crippen molar-refractivity contribution in [2.45, 2.75) is 322 Å². The lowest BCUT2D eigenvalue weighted by Crippen LogP contribution is -2.40. The molecule has 0 bridgehead atoms. The number of hydrogen-bond acceptors (Lipinski definition) is 7. The van der Waals surface area contributed by atoms with Crippen molar-refractivity contribution in [1.82, 2.24) is 0 Å². The molecule has 0 aromatic carbocycles. The second-order valence-corrected chi connectivity index (χ2v) is 26.9. The van der Waals surface area contributed by atoms with E-state index in [4.69, 9.17) is 18.9 Å². The summed E-state index contributed by atoms with van der Waals surface area (Å²) in [5, 5.41) is 9.77.